The number of ether oxygens (including phenoxy) is 1. The molecule has 0 radical (unpaired) electrons. The summed E-state index contributed by atoms with van der Waals surface area (Å²) in [7, 11) is 0. The molecule has 24 heavy (non-hydrogen) atoms. The first kappa shape index (κ1) is 17.4. The Morgan fingerprint density at radius 3 is 2.29 bits per heavy atom. The van der Waals surface area contributed by atoms with Crippen molar-refractivity contribution in [3.63, 3.8) is 0 Å². The summed E-state index contributed by atoms with van der Waals surface area (Å²) >= 11 is 0. The SMILES string of the molecule is C[C@@H]1CN(C2CCN(C(=O)[C@H](N)c3ccccc3)CC2)C[C@H](C)O1. The van der Waals surface area contributed by atoms with Gasteiger partial charge in [-0.25, -0.2) is 0 Å². The van der Waals surface area contributed by atoms with Gasteiger partial charge in [0.15, 0.2) is 0 Å². The third kappa shape index (κ3) is 3.97. The minimum absolute atomic E-state index is 0.0448. The summed E-state index contributed by atoms with van der Waals surface area (Å²) in [5.74, 6) is 0.0448. The van der Waals surface area contributed by atoms with Gasteiger partial charge in [-0.15, -0.1) is 0 Å². The van der Waals surface area contributed by atoms with Crippen molar-refractivity contribution in [2.75, 3.05) is 26.2 Å². The van der Waals surface area contributed by atoms with Gasteiger partial charge >= 0.3 is 0 Å². The van der Waals surface area contributed by atoms with Crippen molar-refractivity contribution in [1.82, 2.24) is 9.80 Å². The van der Waals surface area contributed by atoms with Gasteiger partial charge in [-0.2, -0.15) is 0 Å². The van der Waals surface area contributed by atoms with Crippen LogP contribution in [0.5, 0.6) is 0 Å². The summed E-state index contributed by atoms with van der Waals surface area (Å²) in [4.78, 5) is 17.1. The fourth-order valence-corrected chi connectivity index (χ4v) is 3.97. The van der Waals surface area contributed by atoms with E-state index in [9.17, 15) is 4.79 Å². The Balaban J connectivity index is 1.54. The van der Waals surface area contributed by atoms with Crippen molar-refractivity contribution in [2.45, 2.75) is 51.0 Å². The van der Waals surface area contributed by atoms with E-state index in [0.717, 1.165) is 44.6 Å². The number of carbonyl (C=O) groups excluding carboxylic acids is 1. The van der Waals surface area contributed by atoms with E-state index >= 15 is 0 Å². The highest BCUT2D eigenvalue weighted by atomic mass is 16.5. The molecule has 0 saturated carbocycles. The number of nitrogens with two attached hydrogens (primary N) is 1. The van der Waals surface area contributed by atoms with Crippen LogP contribution in [0.1, 0.15) is 38.3 Å². The first-order valence-electron chi connectivity index (χ1n) is 9.03. The number of amides is 1. The van der Waals surface area contributed by atoms with Gasteiger partial charge in [0, 0.05) is 32.2 Å². The van der Waals surface area contributed by atoms with Gasteiger partial charge in [0.25, 0.3) is 0 Å². The van der Waals surface area contributed by atoms with E-state index in [0.29, 0.717) is 18.2 Å². The van der Waals surface area contributed by atoms with E-state index in [1.807, 2.05) is 35.2 Å². The molecule has 0 spiro atoms. The number of piperidine rings is 1. The second kappa shape index (κ2) is 7.64. The molecule has 1 amide bonds. The molecule has 0 aromatic heterocycles. The highest BCUT2D eigenvalue weighted by molar-refractivity contribution is 5.83. The van der Waals surface area contributed by atoms with Crippen molar-refractivity contribution in [1.29, 1.82) is 0 Å². The Bertz CT molecular complexity index is 533. The van der Waals surface area contributed by atoms with Gasteiger partial charge in [0.2, 0.25) is 5.91 Å². The Morgan fingerprint density at radius 2 is 1.71 bits per heavy atom. The number of nitrogens with zero attached hydrogens (tertiary/aromatic N) is 2. The zero-order chi connectivity index (χ0) is 17.1. The Hall–Kier alpha value is -1.43. The second-order valence-corrected chi connectivity index (χ2v) is 7.16. The summed E-state index contributed by atoms with van der Waals surface area (Å²) in [6.07, 6.45) is 2.62. The van der Waals surface area contributed by atoms with Crippen molar-refractivity contribution in [2.24, 2.45) is 5.73 Å². The molecular weight excluding hydrogens is 302 g/mol. The molecule has 5 nitrogen and oxygen atoms in total. The monoisotopic (exact) mass is 331 g/mol. The van der Waals surface area contributed by atoms with Crippen LogP contribution in [0.25, 0.3) is 0 Å². The number of hydrogen-bond donors (Lipinski definition) is 1. The number of likely N-dealkylation sites (tertiary alicyclic amines) is 1. The number of morpholine rings is 1. The summed E-state index contributed by atoms with van der Waals surface area (Å²) in [6.45, 7) is 7.85. The summed E-state index contributed by atoms with van der Waals surface area (Å²) in [5, 5.41) is 0. The minimum Gasteiger partial charge on any atom is -0.373 e. The van der Waals surface area contributed by atoms with Gasteiger partial charge in [0.1, 0.15) is 6.04 Å². The van der Waals surface area contributed by atoms with Crippen LogP contribution in [-0.2, 0) is 9.53 Å². The molecule has 2 saturated heterocycles. The fraction of sp³-hybridized carbons (Fsp3) is 0.632. The maximum absolute atomic E-state index is 12.7. The molecular formula is C19H29N3O2. The number of benzene rings is 1. The minimum atomic E-state index is -0.550. The quantitative estimate of drug-likeness (QED) is 0.917. The van der Waals surface area contributed by atoms with E-state index in [-0.39, 0.29) is 5.91 Å². The lowest BCUT2D eigenvalue weighted by Crippen LogP contribution is -2.54. The Labute approximate surface area is 144 Å². The zero-order valence-electron chi connectivity index (χ0n) is 14.7. The molecule has 132 valence electrons. The summed E-state index contributed by atoms with van der Waals surface area (Å²) in [5.41, 5.74) is 7.05. The molecule has 1 aromatic rings. The van der Waals surface area contributed by atoms with E-state index < -0.39 is 6.04 Å². The van der Waals surface area contributed by atoms with E-state index in [2.05, 4.69) is 18.7 Å². The van der Waals surface area contributed by atoms with Gasteiger partial charge in [0.05, 0.1) is 12.2 Å². The molecule has 2 aliphatic heterocycles. The van der Waals surface area contributed by atoms with E-state index in [1.165, 1.54) is 0 Å². The first-order chi connectivity index (χ1) is 11.5. The zero-order valence-corrected chi connectivity index (χ0v) is 14.7. The molecule has 2 aliphatic rings. The van der Waals surface area contributed by atoms with Crippen LogP contribution in [-0.4, -0.2) is 60.1 Å². The largest absolute Gasteiger partial charge is 0.373 e. The van der Waals surface area contributed by atoms with Gasteiger partial charge in [-0.05, 0) is 32.3 Å². The first-order valence-corrected chi connectivity index (χ1v) is 9.03. The van der Waals surface area contributed by atoms with Crippen LogP contribution in [0.4, 0.5) is 0 Å². The maximum atomic E-state index is 12.7. The highest BCUT2D eigenvalue weighted by Crippen LogP contribution is 2.23. The molecule has 2 N–H and O–H groups in total. The molecule has 1 aromatic carbocycles. The molecule has 3 atom stereocenters. The van der Waals surface area contributed by atoms with Crippen LogP contribution >= 0.6 is 0 Å². The van der Waals surface area contributed by atoms with E-state index in [1.54, 1.807) is 0 Å². The molecule has 2 fully saturated rings. The average molecular weight is 331 g/mol. The third-order valence-corrected chi connectivity index (χ3v) is 5.17. The van der Waals surface area contributed by atoms with Crippen LogP contribution in [0, 0.1) is 0 Å². The highest BCUT2D eigenvalue weighted by Gasteiger charge is 2.32. The normalized spacial score (nSPS) is 27.9. The smallest absolute Gasteiger partial charge is 0.244 e. The second-order valence-electron chi connectivity index (χ2n) is 7.16. The lowest BCUT2D eigenvalue weighted by molar-refractivity contribution is -0.135. The van der Waals surface area contributed by atoms with E-state index in [4.69, 9.17) is 10.5 Å². The Morgan fingerprint density at radius 1 is 1.12 bits per heavy atom. The van der Waals surface area contributed by atoms with Crippen LogP contribution in [0.15, 0.2) is 30.3 Å². The molecule has 3 rings (SSSR count). The molecule has 0 aliphatic carbocycles. The number of carbonyl (C=O) groups is 1. The molecule has 0 bridgehead atoms. The predicted octanol–water partition coefficient (Wildman–Crippen LogP) is 1.79. The van der Waals surface area contributed by atoms with Crippen molar-refractivity contribution >= 4 is 5.91 Å². The van der Waals surface area contributed by atoms with Crippen LogP contribution in [0.3, 0.4) is 0 Å². The number of hydrogen-bond acceptors (Lipinski definition) is 4. The van der Waals surface area contributed by atoms with Crippen LogP contribution < -0.4 is 5.73 Å². The molecule has 0 unspecified atom stereocenters. The third-order valence-electron chi connectivity index (χ3n) is 5.17. The van der Waals surface area contributed by atoms with Crippen LogP contribution in [0.2, 0.25) is 0 Å². The van der Waals surface area contributed by atoms with Gasteiger partial charge < -0.3 is 15.4 Å². The van der Waals surface area contributed by atoms with Gasteiger partial charge in [-0.1, -0.05) is 30.3 Å². The van der Waals surface area contributed by atoms with Crippen molar-refractivity contribution < 1.29 is 9.53 Å². The van der Waals surface area contributed by atoms with Crippen molar-refractivity contribution in [3.8, 4) is 0 Å². The lowest BCUT2D eigenvalue weighted by atomic mass is 9.99. The van der Waals surface area contributed by atoms with Gasteiger partial charge in [-0.3, -0.25) is 9.69 Å². The summed E-state index contributed by atoms with van der Waals surface area (Å²) < 4.78 is 5.82. The average Bonchev–Trinajstić information content (AvgIpc) is 2.60. The standard InChI is InChI=1S/C19H29N3O2/c1-14-12-22(13-15(2)24-14)17-8-10-21(11-9-17)19(23)18(20)16-6-4-3-5-7-16/h3-7,14-15,17-18H,8-13,20H2,1-2H3/t14-,15+,18-/m1/s1. The number of rotatable bonds is 3. The molecule has 5 heteroatoms. The molecule has 2 heterocycles. The Kier molecular flexibility index (Phi) is 5.54. The summed E-state index contributed by atoms with van der Waals surface area (Å²) in [6, 6.07) is 9.64. The predicted molar refractivity (Wildman–Crippen MR) is 94.6 cm³/mol. The maximum Gasteiger partial charge on any atom is 0.244 e. The lowest BCUT2D eigenvalue weighted by Gasteiger charge is -2.43. The topological polar surface area (TPSA) is 58.8 Å². The van der Waals surface area contributed by atoms with Crippen molar-refractivity contribution in [3.05, 3.63) is 35.9 Å². The fourth-order valence-electron chi connectivity index (χ4n) is 3.97.